The molecule has 0 aromatic carbocycles. The summed E-state index contributed by atoms with van der Waals surface area (Å²) in [5.41, 5.74) is -2.88. The van der Waals surface area contributed by atoms with Crippen molar-refractivity contribution < 1.29 is 24.2 Å². The van der Waals surface area contributed by atoms with Crippen molar-refractivity contribution in [3.63, 3.8) is 0 Å². The van der Waals surface area contributed by atoms with Gasteiger partial charge in [-0.15, -0.1) is 0 Å². The maximum absolute atomic E-state index is 13.8. The summed E-state index contributed by atoms with van der Waals surface area (Å²) in [6.07, 6.45) is 3.39. The summed E-state index contributed by atoms with van der Waals surface area (Å²) in [6, 6.07) is -0.416. The van der Waals surface area contributed by atoms with Crippen LogP contribution in [0.1, 0.15) is 19.8 Å². The molecule has 0 bridgehead atoms. The smallest absolute Gasteiger partial charge is 0.351 e. The molecule has 0 saturated heterocycles. The van der Waals surface area contributed by atoms with Crippen LogP contribution in [0.2, 0.25) is 0 Å². The van der Waals surface area contributed by atoms with Gasteiger partial charge in [-0.2, -0.15) is 0 Å². The highest BCUT2D eigenvalue weighted by atomic mass is 19.1. The molecular weight excluding hydrogens is 229 g/mol. The third-order valence-electron chi connectivity index (χ3n) is 2.91. The van der Waals surface area contributed by atoms with Gasteiger partial charge in [-0.25, -0.2) is 9.18 Å². The van der Waals surface area contributed by atoms with Crippen LogP contribution in [0.4, 0.5) is 4.39 Å². The van der Waals surface area contributed by atoms with Crippen LogP contribution in [-0.4, -0.2) is 40.4 Å². The maximum atomic E-state index is 13.8. The third kappa shape index (κ3) is 2.82. The van der Waals surface area contributed by atoms with Crippen LogP contribution in [0.15, 0.2) is 12.2 Å². The largest absolute Gasteiger partial charge is 0.478 e. The lowest BCUT2D eigenvalue weighted by atomic mass is 10.0. The molecule has 0 aliphatic heterocycles. The zero-order valence-electron chi connectivity index (χ0n) is 9.52. The molecule has 96 valence electrons. The van der Waals surface area contributed by atoms with E-state index in [1.807, 2.05) is 0 Å². The fourth-order valence-electron chi connectivity index (χ4n) is 1.71. The van der Waals surface area contributed by atoms with E-state index in [0.717, 1.165) is 0 Å². The van der Waals surface area contributed by atoms with E-state index in [-0.39, 0.29) is 12.5 Å². The van der Waals surface area contributed by atoms with Crippen LogP contribution in [0.25, 0.3) is 0 Å². The molecule has 6 heteroatoms. The predicted molar refractivity (Wildman–Crippen MR) is 58.0 cm³/mol. The number of amides is 1. The van der Waals surface area contributed by atoms with Crippen molar-refractivity contribution in [2.24, 2.45) is 5.92 Å². The number of aliphatic hydroxyl groups is 1. The summed E-state index contributed by atoms with van der Waals surface area (Å²) >= 11 is 0. The molecule has 0 fully saturated rings. The minimum Gasteiger partial charge on any atom is -0.478 e. The van der Waals surface area contributed by atoms with E-state index >= 15 is 0 Å². The Morgan fingerprint density at radius 2 is 2.18 bits per heavy atom. The van der Waals surface area contributed by atoms with Crippen LogP contribution >= 0.6 is 0 Å². The number of halogens is 1. The van der Waals surface area contributed by atoms with Gasteiger partial charge in [0, 0.05) is 18.6 Å². The number of carboxylic acid groups (broad SMARTS) is 1. The SMILES string of the molecule is CCC(F)(C(=O)O)C(=O)N[C@@H]1C=C[C@H](CO)C1. The number of alkyl halides is 1. The average Bonchev–Trinajstić information content (AvgIpc) is 2.75. The van der Waals surface area contributed by atoms with Gasteiger partial charge in [-0.1, -0.05) is 19.1 Å². The van der Waals surface area contributed by atoms with E-state index < -0.39 is 30.0 Å². The summed E-state index contributed by atoms with van der Waals surface area (Å²) in [7, 11) is 0. The molecule has 17 heavy (non-hydrogen) atoms. The van der Waals surface area contributed by atoms with Gasteiger partial charge in [-0.3, -0.25) is 4.79 Å². The van der Waals surface area contributed by atoms with Crippen LogP contribution in [0, 0.1) is 5.92 Å². The van der Waals surface area contributed by atoms with Crippen molar-refractivity contribution in [3.8, 4) is 0 Å². The van der Waals surface area contributed by atoms with Gasteiger partial charge >= 0.3 is 5.97 Å². The fraction of sp³-hybridized carbons (Fsp3) is 0.636. The van der Waals surface area contributed by atoms with Crippen LogP contribution in [0.3, 0.4) is 0 Å². The second-order valence-corrected chi connectivity index (χ2v) is 4.10. The second-order valence-electron chi connectivity index (χ2n) is 4.10. The van der Waals surface area contributed by atoms with Crippen LogP contribution < -0.4 is 5.32 Å². The number of carbonyl (C=O) groups is 2. The van der Waals surface area contributed by atoms with Gasteiger partial charge in [0.1, 0.15) is 0 Å². The summed E-state index contributed by atoms with van der Waals surface area (Å²) in [5.74, 6) is -2.99. The average molecular weight is 245 g/mol. The van der Waals surface area contributed by atoms with Gasteiger partial charge in [0.15, 0.2) is 0 Å². The number of carboxylic acids is 1. The first-order chi connectivity index (χ1) is 7.93. The Balaban J connectivity index is 2.61. The van der Waals surface area contributed by atoms with Crippen molar-refractivity contribution in [1.82, 2.24) is 5.32 Å². The van der Waals surface area contributed by atoms with E-state index in [1.54, 1.807) is 12.2 Å². The molecule has 0 aromatic rings. The quantitative estimate of drug-likeness (QED) is 0.478. The zero-order valence-corrected chi connectivity index (χ0v) is 9.52. The molecule has 1 amide bonds. The number of aliphatic carboxylic acids is 1. The Kier molecular flexibility index (Phi) is 4.22. The molecule has 3 N–H and O–H groups in total. The molecule has 5 nitrogen and oxygen atoms in total. The first-order valence-electron chi connectivity index (χ1n) is 5.46. The molecule has 1 unspecified atom stereocenters. The van der Waals surface area contributed by atoms with Gasteiger partial charge < -0.3 is 15.5 Å². The number of nitrogens with one attached hydrogen (secondary N) is 1. The summed E-state index contributed by atoms with van der Waals surface area (Å²) in [5, 5.41) is 19.9. The second kappa shape index (κ2) is 5.27. The minimum atomic E-state index is -2.88. The fourth-order valence-corrected chi connectivity index (χ4v) is 1.71. The van der Waals surface area contributed by atoms with E-state index in [2.05, 4.69) is 5.32 Å². The minimum absolute atomic E-state index is 0.0453. The van der Waals surface area contributed by atoms with E-state index in [4.69, 9.17) is 10.2 Å². The Hall–Kier alpha value is -1.43. The Bertz CT molecular complexity index is 344. The van der Waals surface area contributed by atoms with Gasteiger partial charge in [0.05, 0.1) is 0 Å². The summed E-state index contributed by atoms with van der Waals surface area (Å²) in [6.45, 7) is 1.26. The summed E-state index contributed by atoms with van der Waals surface area (Å²) < 4.78 is 13.8. The normalized spacial score (nSPS) is 26.5. The van der Waals surface area contributed by atoms with E-state index in [0.29, 0.717) is 6.42 Å². The molecule has 0 saturated carbocycles. The summed E-state index contributed by atoms with van der Waals surface area (Å²) in [4.78, 5) is 22.2. The van der Waals surface area contributed by atoms with E-state index in [9.17, 15) is 14.0 Å². The Morgan fingerprint density at radius 3 is 2.59 bits per heavy atom. The van der Waals surface area contributed by atoms with Crippen LogP contribution in [0.5, 0.6) is 0 Å². The number of hydrogen-bond acceptors (Lipinski definition) is 3. The third-order valence-corrected chi connectivity index (χ3v) is 2.91. The molecular formula is C11H16FNO4. The molecule has 1 aliphatic carbocycles. The first kappa shape index (κ1) is 13.6. The molecule has 1 rings (SSSR count). The molecule has 1 aliphatic rings. The number of hydrogen-bond donors (Lipinski definition) is 3. The lowest BCUT2D eigenvalue weighted by Gasteiger charge is -2.20. The zero-order chi connectivity index (χ0) is 13.1. The molecule has 0 heterocycles. The van der Waals surface area contributed by atoms with Gasteiger partial charge in [0.2, 0.25) is 0 Å². The first-order valence-corrected chi connectivity index (χ1v) is 5.46. The van der Waals surface area contributed by atoms with E-state index in [1.165, 1.54) is 6.92 Å². The highest BCUT2D eigenvalue weighted by Crippen LogP contribution is 2.21. The standard InChI is InChI=1S/C11H16FNO4/c1-2-11(12,10(16)17)9(15)13-8-4-3-7(5-8)6-14/h3-4,7-8,14H,2,5-6H2,1H3,(H,13,15)(H,16,17)/t7-,8+,11?/m0/s1. The lowest BCUT2D eigenvalue weighted by molar-refractivity contribution is -0.158. The Labute approximate surface area is 98.3 Å². The van der Waals surface area contributed by atoms with Crippen molar-refractivity contribution in [2.45, 2.75) is 31.5 Å². The number of carbonyl (C=O) groups excluding carboxylic acids is 1. The molecule has 0 radical (unpaired) electrons. The topological polar surface area (TPSA) is 86.6 Å². The van der Waals surface area contributed by atoms with Crippen molar-refractivity contribution in [3.05, 3.63) is 12.2 Å². The van der Waals surface area contributed by atoms with Gasteiger partial charge in [0.25, 0.3) is 11.6 Å². The molecule has 0 spiro atoms. The highest BCUT2D eigenvalue weighted by Gasteiger charge is 2.45. The number of aliphatic hydroxyl groups excluding tert-OH is 1. The lowest BCUT2D eigenvalue weighted by Crippen LogP contribution is -2.51. The molecule has 0 aromatic heterocycles. The van der Waals surface area contributed by atoms with Gasteiger partial charge in [-0.05, 0) is 12.8 Å². The maximum Gasteiger partial charge on any atom is 0.351 e. The predicted octanol–water partition coefficient (Wildman–Crippen LogP) is 0.243. The van der Waals surface area contributed by atoms with Crippen molar-refractivity contribution in [1.29, 1.82) is 0 Å². The molecule has 3 atom stereocenters. The van der Waals surface area contributed by atoms with Crippen molar-refractivity contribution >= 4 is 11.9 Å². The Morgan fingerprint density at radius 1 is 1.53 bits per heavy atom. The van der Waals surface area contributed by atoms with Crippen molar-refractivity contribution in [2.75, 3.05) is 6.61 Å². The monoisotopic (exact) mass is 245 g/mol. The number of rotatable bonds is 5. The highest BCUT2D eigenvalue weighted by molar-refractivity contribution is 6.05. The van der Waals surface area contributed by atoms with Crippen LogP contribution in [-0.2, 0) is 9.59 Å².